The number of anilines is 1. The number of benzene rings is 2. The number of hydrogen-bond donors (Lipinski definition) is 2. The van der Waals surface area contributed by atoms with E-state index in [9.17, 15) is 19.7 Å². The smallest absolute Gasteiger partial charge is 0.269 e. The zero-order valence-electron chi connectivity index (χ0n) is 17.8. The quantitative estimate of drug-likeness (QED) is 0.263. The van der Waals surface area contributed by atoms with Gasteiger partial charge in [-0.15, -0.1) is 10.2 Å². The number of hydrogen-bond acceptors (Lipinski definition) is 7. The molecule has 0 bridgehead atoms. The van der Waals surface area contributed by atoms with Crippen molar-refractivity contribution in [1.29, 1.82) is 0 Å². The third-order valence-electron chi connectivity index (χ3n) is 4.60. The molecule has 0 radical (unpaired) electrons. The third-order valence-corrected chi connectivity index (χ3v) is 5.82. The van der Waals surface area contributed by atoms with E-state index in [1.807, 2.05) is 11.5 Å². The molecule has 10 nitrogen and oxygen atoms in total. The molecular formula is C21H21ClN6O4S. The van der Waals surface area contributed by atoms with Gasteiger partial charge in [-0.05, 0) is 50.2 Å². The van der Waals surface area contributed by atoms with Crippen molar-refractivity contribution in [2.45, 2.75) is 31.6 Å². The van der Waals surface area contributed by atoms with Crippen molar-refractivity contribution in [3.63, 3.8) is 0 Å². The maximum absolute atomic E-state index is 12.5. The number of nitrogens with zero attached hydrogens (tertiary/aromatic N) is 4. The molecule has 0 saturated carbocycles. The highest BCUT2D eigenvalue weighted by Crippen LogP contribution is 2.22. The number of amides is 2. The van der Waals surface area contributed by atoms with E-state index in [0.717, 1.165) is 0 Å². The highest BCUT2D eigenvalue weighted by molar-refractivity contribution is 7.99. The highest BCUT2D eigenvalue weighted by atomic mass is 35.5. The van der Waals surface area contributed by atoms with E-state index in [2.05, 4.69) is 20.8 Å². The first-order valence-corrected chi connectivity index (χ1v) is 11.3. The molecule has 33 heavy (non-hydrogen) atoms. The van der Waals surface area contributed by atoms with E-state index < -0.39 is 11.0 Å². The van der Waals surface area contributed by atoms with E-state index in [1.165, 1.54) is 36.0 Å². The SMILES string of the molecule is CCn1c(SCC(=O)Nc2ccc([N+](=O)[O-])cc2)nnc1[C@H](C)NC(=O)c1ccc(Cl)cc1. The largest absolute Gasteiger partial charge is 0.342 e. The normalized spacial score (nSPS) is 11.6. The second-order valence-electron chi connectivity index (χ2n) is 6.93. The maximum atomic E-state index is 12.5. The number of halogens is 1. The van der Waals surface area contributed by atoms with Gasteiger partial charge in [-0.1, -0.05) is 23.4 Å². The lowest BCUT2D eigenvalue weighted by molar-refractivity contribution is -0.384. The Hall–Kier alpha value is -3.44. The molecule has 1 heterocycles. The number of rotatable bonds is 9. The first kappa shape index (κ1) is 24.2. The van der Waals surface area contributed by atoms with Crippen LogP contribution in [0.1, 0.15) is 36.1 Å². The summed E-state index contributed by atoms with van der Waals surface area (Å²) in [6.45, 7) is 4.27. The van der Waals surface area contributed by atoms with Crippen molar-refractivity contribution >= 4 is 46.6 Å². The van der Waals surface area contributed by atoms with Gasteiger partial charge in [0, 0.05) is 35.0 Å². The Morgan fingerprint density at radius 2 is 1.82 bits per heavy atom. The molecule has 0 aliphatic heterocycles. The third kappa shape index (κ3) is 6.30. The summed E-state index contributed by atoms with van der Waals surface area (Å²) in [6, 6.07) is 11.7. The fourth-order valence-electron chi connectivity index (χ4n) is 2.96. The first-order valence-electron chi connectivity index (χ1n) is 9.95. The molecular weight excluding hydrogens is 468 g/mol. The maximum Gasteiger partial charge on any atom is 0.269 e. The Kier molecular flexibility index (Phi) is 8.01. The Balaban J connectivity index is 1.60. The predicted octanol–water partition coefficient (Wildman–Crippen LogP) is 4.08. The molecule has 12 heteroatoms. The second-order valence-corrected chi connectivity index (χ2v) is 8.31. The van der Waals surface area contributed by atoms with Crippen LogP contribution < -0.4 is 10.6 Å². The first-order chi connectivity index (χ1) is 15.8. The Labute approximate surface area is 198 Å². The number of nitrogens with one attached hydrogen (secondary N) is 2. The summed E-state index contributed by atoms with van der Waals surface area (Å²) in [7, 11) is 0. The molecule has 172 valence electrons. The van der Waals surface area contributed by atoms with Gasteiger partial charge in [0.25, 0.3) is 11.6 Å². The molecule has 0 saturated heterocycles. The molecule has 0 aliphatic rings. The number of carbonyl (C=O) groups excluding carboxylic acids is 2. The lowest BCUT2D eigenvalue weighted by atomic mass is 10.2. The van der Waals surface area contributed by atoms with E-state index in [-0.39, 0.29) is 23.3 Å². The molecule has 0 fully saturated rings. The average molecular weight is 489 g/mol. The summed E-state index contributed by atoms with van der Waals surface area (Å²) in [5, 5.41) is 25.7. The van der Waals surface area contributed by atoms with Crippen molar-refractivity contribution < 1.29 is 14.5 Å². The number of nitro benzene ring substituents is 1. The molecule has 2 aromatic carbocycles. The minimum absolute atomic E-state index is 0.0526. The van der Waals surface area contributed by atoms with Gasteiger partial charge >= 0.3 is 0 Å². The predicted molar refractivity (Wildman–Crippen MR) is 125 cm³/mol. The van der Waals surface area contributed by atoms with E-state index in [0.29, 0.717) is 33.8 Å². The van der Waals surface area contributed by atoms with Crippen molar-refractivity contribution in [3.05, 3.63) is 75.1 Å². The summed E-state index contributed by atoms with van der Waals surface area (Å²) in [4.78, 5) is 35.0. The van der Waals surface area contributed by atoms with Gasteiger partial charge < -0.3 is 15.2 Å². The van der Waals surface area contributed by atoms with Crippen molar-refractivity contribution in [2.24, 2.45) is 0 Å². The van der Waals surface area contributed by atoms with Crippen molar-refractivity contribution in [3.8, 4) is 0 Å². The lowest BCUT2D eigenvalue weighted by Gasteiger charge is -2.15. The summed E-state index contributed by atoms with van der Waals surface area (Å²) < 4.78 is 1.83. The van der Waals surface area contributed by atoms with Crippen LogP contribution in [0.15, 0.2) is 53.7 Å². The molecule has 0 spiro atoms. The standard InChI is InChI=1S/C21H21ClN6O4S/c1-3-27-19(13(2)23-20(30)14-4-6-15(22)7-5-14)25-26-21(27)33-12-18(29)24-16-8-10-17(11-9-16)28(31)32/h4-11,13H,3,12H2,1-2H3,(H,23,30)(H,24,29)/t13-/m0/s1. The van der Waals surface area contributed by atoms with Crippen LogP contribution in [0.2, 0.25) is 5.02 Å². The van der Waals surface area contributed by atoms with Gasteiger partial charge in [0.1, 0.15) is 0 Å². The molecule has 1 atom stereocenters. The van der Waals surface area contributed by atoms with E-state index in [4.69, 9.17) is 11.6 Å². The number of nitro groups is 1. The van der Waals surface area contributed by atoms with Crippen LogP contribution in [0.4, 0.5) is 11.4 Å². The zero-order chi connectivity index (χ0) is 24.0. The van der Waals surface area contributed by atoms with Gasteiger partial charge in [0.2, 0.25) is 5.91 Å². The van der Waals surface area contributed by atoms with Crippen LogP contribution in [0.25, 0.3) is 0 Å². The van der Waals surface area contributed by atoms with Crippen LogP contribution >= 0.6 is 23.4 Å². The van der Waals surface area contributed by atoms with Gasteiger partial charge in [0.05, 0.1) is 16.7 Å². The summed E-state index contributed by atoms with van der Waals surface area (Å²) in [6.07, 6.45) is 0. The van der Waals surface area contributed by atoms with Crippen molar-refractivity contribution in [1.82, 2.24) is 20.1 Å². The van der Waals surface area contributed by atoms with Gasteiger partial charge in [-0.2, -0.15) is 0 Å². The molecule has 2 amide bonds. The number of non-ortho nitro benzene ring substituents is 1. The van der Waals surface area contributed by atoms with Crippen LogP contribution in [-0.2, 0) is 11.3 Å². The van der Waals surface area contributed by atoms with Crippen molar-refractivity contribution in [2.75, 3.05) is 11.1 Å². The number of thioether (sulfide) groups is 1. The van der Waals surface area contributed by atoms with E-state index in [1.54, 1.807) is 31.2 Å². The van der Waals surface area contributed by atoms with Gasteiger partial charge in [0.15, 0.2) is 11.0 Å². The Bertz CT molecular complexity index is 1150. The average Bonchev–Trinajstić information content (AvgIpc) is 3.21. The summed E-state index contributed by atoms with van der Waals surface area (Å²) in [5.74, 6) is 0.0883. The molecule has 0 unspecified atom stereocenters. The minimum Gasteiger partial charge on any atom is -0.342 e. The fourth-order valence-corrected chi connectivity index (χ4v) is 3.90. The fraction of sp³-hybridized carbons (Fsp3) is 0.238. The highest BCUT2D eigenvalue weighted by Gasteiger charge is 2.20. The zero-order valence-corrected chi connectivity index (χ0v) is 19.4. The molecule has 3 rings (SSSR count). The van der Waals surface area contributed by atoms with Crippen LogP contribution in [0.3, 0.4) is 0 Å². The second kappa shape index (κ2) is 10.9. The van der Waals surface area contributed by atoms with Crippen LogP contribution in [-0.4, -0.2) is 37.3 Å². The summed E-state index contributed by atoms with van der Waals surface area (Å²) >= 11 is 7.07. The molecule has 2 N–H and O–H groups in total. The molecule has 3 aromatic rings. The number of carbonyl (C=O) groups is 2. The molecule has 1 aromatic heterocycles. The molecule has 0 aliphatic carbocycles. The Morgan fingerprint density at radius 1 is 1.15 bits per heavy atom. The van der Waals surface area contributed by atoms with Crippen LogP contribution in [0, 0.1) is 10.1 Å². The minimum atomic E-state index is -0.504. The van der Waals surface area contributed by atoms with Crippen LogP contribution in [0.5, 0.6) is 0 Å². The van der Waals surface area contributed by atoms with Gasteiger partial charge in [-0.25, -0.2) is 0 Å². The van der Waals surface area contributed by atoms with E-state index >= 15 is 0 Å². The topological polar surface area (TPSA) is 132 Å². The lowest BCUT2D eigenvalue weighted by Crippen LogP contribution is -2.28. The Morgan fingerprint density at radius 3 is 2.42 bits per heavy atom. The monoisotopic (exact) mass is 488 g/mol. The summed E-state index contributed by atoms with van der Waals surface area (Å²) in [5.41, 5.74) is 0.886. The van der Waals surface area contributed by atoms with Gasteiger partial charge in [-0.3, -0.25) is 19.7 Å². The number of aromatic nitrogens is 3.